The van der Waals surface area contributed by atoms with Gasteiger partial charge in [-0.2, -0.15) is 20.1 Å². The second-order valence-corrected chi connectivity index (χ2v) is 5.19. The summed E-state index contributed by atoms with van der Waals surface area (Å²) in [4.78, 5) is 14.5. The van der Waals surface area contributed by atoms with E-state index in [2.05, 4.69) is 30.8 Å². The van der Waals surface area contributed by atoms with Gasteiger partial charge < -0.3 is 14.6 Å². The van der Waals surface area contributed by atoms with E-state index < -0.39 is 0 Å². The minimum absolute atomic E-state index is 0.256. The molecule has 0 amide bonds. The number of hydrogen-bond acceptors (Lipinski definition) is 8. The molecule has 2 heterocycles. The molecule has 128 valence electrons. The molecule has 3 rings (SSSR count). The minimum atomic E-state index is -0.315. The Hall–Kier alpha value is -3.49. The number of anilines is 4. The summed E-state index contributed by atoms with van der Waals surface area (Å²) in [5.74, 6) is 1.28. The van der Waals surface area contributed by atoms with Gasteiger partial charge >= 0.3 is 0 Å². The Balaban J connectivity index is 1.80. The minimum Gasteiger partial charge on any atom is -0.463 e. The van der Waals surface area contributed by atoms with Gasteiger partial charge in [-0.15, -0.1) is 0 Å². The normalized spacial score (nSPS) is 10.8. The third-order valence-corrected chi connectivity index (χ3v) is 3.02. The van der Waals surface area contributed by atoms with Gasteiger partial charge in [0.2, 0.25) is 17.8 Å². The van der Waals surface area contributed by atoms with Crippen LogP contribution in [0.3, 0.4) is 0 Å². The number of nitrogens with one attached hydrogen (secondary N) is 2. The fourth-order valence-corrected chi connectivity index (χ4v) is 1.85. The second-order valence-electron chi connectivity index (χ2n) is 5.19. The highest BCUT2D eigenvalue weighted by molar-refractivity contribution is 5.76. The lowest BCUT2D eigenvalue weighted by Crippen LogP contribution is -2.15. The summed E-state index contributed by atoms with van der Waals surface area (Å²) >= 11 is 0. The third kappa shape index (κ3) is 4.50. The Kier molecular flexibility index (Phi) is 4.84. The number of furan rings is 1. The zero-order valence-electron chi connectivity index (χ0n) is 13.6. The molecule has 1 aromatic carbocycles. The molecule has 0 radical (unpaired) electrons. The first-order chi connectivity index (χ1) is 12.1. The fourth-order valence-electron chi connectivity index (χ4n) is 1.85. The van der Waals surface area contributed by atoms with Crippen LogP contribution >= 0.6 is 0 Å². The first-order valence-corrected chi connectivity index (χ1v) is 7.39. The number of nitrogens with zero attached hydrogens (tertiary/aromatic N) is 5. The zero-order valence-corrected chi connectivity index (χ0v) is 13.6. The van der Waals surface area contributed by atoms with Crippen LogP contribution in [0.5, 0.6) is 0 Å². The maximum atomic E-state index is 13.0. The molecule has 0 aliphatic carbocycles. The molecule has 0 unspecified atom stereocenters. The maximum Gasteiger partial charge on any atom is 0.250 e. The highest BCUT2D eigenvalue weighted by atomic mass is 19.1. The van der Waals surface area contributed by atoms with Crippen LogP contribution < -0.4 is 15.6 Å². The Labute approximate surface area is 143 Å². The van der Waals surface area contributed by atoms with Gasteiger partial charge in [-0.25, -0.2) is 9.82 Å². The van der Waals surface area contributed by atoms with Crippen LogP contribution in [0.2, 0.25) is 0 Å². The van der Waals surface area contributed by atoms with E-state index in [-0.39, 0.29) is 11.8 Å². The number of benzene rings is 1. The number of rotatable bonds is 6. The van der Waals surface area contributed by atoms with Gasteiger partial charge in [-0.3, -0.25) is 0 Å². The van der Waals surface area contributed by atoms with Gasteiger partial charge in [0.05, 0.1) is 12.5 Å². The van der Waals surface area contributed by atoms with Gasteiger partial charge in [0, 0.05) is 19.8 Å². The van der Waals surface area contributed by atoms with Crippen molar-refractivity contribution in [1.82, 2.24) is 15.0 Å². The third-order valence-electron chi connectivity index (χ3n) is 3.02. The van der Waals surface area contributed by atoms with Gasteiger partial charge in [-0.1, -0.05) is 0 Å². The summed E-state index contributed by atoms with van der Waals surface area (Å²) in [5.41, 5.74) is 3.39. The summed E-state index contributed by atoms with van der Waals surface area (Å²) in [7, 11) is 3.62. The van der Waals surface area contributed by atoms with Crippen molar-refractivity contribution in [2.45, 2.75) is 0 Å². The van der Waals surface area contributed by atoms with Crippen molar-refractivity contribution in [1.29, 1.82) is 0 Å². The molecule has 0 fully saturated rings. The topological polar surface area (TPSA) is 91.5 Å². The predicted octanol–water partition coefficient (Wildman–Crippen LogP) is 2.86. The van der Waals surface area contributed by atoms with E-state index in [0.29, 0.717) is 23.3 Å². The Bertz CT molecular complexity index is 847. The van der Waals surface area contributed by atoms with Crippen LogP contribution in [0.1, 0.15) is 5.76 Å². The molecule has 2 N–H and O–H groups in total. The molecule has 0 saturated heterocycles. The summed E-state index contributed by atoms with van der Waals surface area (Å²) in [5, 5.41) is 7.03. The maximum absolute atomic E-state index is 13.0. The molecular formula is C16H16FN7O. The highest BCUT2D eigenvalue weighted by Crippen LogP contribution is 2.17. The smallest absolute Gasteiger partial charge is 0.250 e. The van der Waals surface area contributed by atoms with Gasteiger partial charge in [0.15, 0.2) is 0 Å². The van der Waals surface area contributed by atoms with E-state index in [4.69, 9.17) is 4.42 Å². The lowest BCUT2D eigenvalue weighted by atomic mass is 10.3. The number of hydrazone groups is 1. The van der Waals surface area contributed by atoms with E-state index in [9.17, 15) is 4.39 Å². The monoisotopic (exact) mass is 341 g/mol. The van der Waals surface area contributed by atoms with Crippen LogP contribution in [0.25, 0.3) is 0 Å². The molecule has 9 heteroatoms. The highest BCUT2D eigenvalue weighted by Gasteiger charge is 2.08. The predicted molar refractivity (Wildman–Crippen MR) is 93.8 cm³/mol. The zero-order chi connectivity index (χ0) is 17.6. The summed E-state index contributed by atoms with van der Waals surface area (Å²) in [6, 6.07) is 9.42. The second kappa shape index (κ2) is 7.39. The first kappa shape index (κ1) is 16.4. The van der Waals surface area contributed by atoms with E-state index in [0.717, 1.165) is 0 Å². The van der Waals surface area contributed by atoms with Crippen LogP contribution in [0.15, 0.2) is 52.2 Å². The van der Waals surface area contributed by atoms with Gasteiger partial charge in [0.1, 0.15) is 11.6 Å². The molecule has 0 aliphatic rings. The van der Waals surface area contributed by atoms with Crippen molar-refractivity contribution in [2.75, 3.05) is 29.7 Å². The lowest BCUT2D eigenvalue weighted by Gasteiger charge is -2.13. The molecule has 0 spiro atoms. The van der Waals surface area contributed by atoms with Gasteiger partial charge in [-0.05, 0) is 36.4 Å². The summed E-state index contributed by atoms with van der Waals surface area (Å²) < 4.78 is 18.2. The van der Waals surface area contributed by atoms with Crippen molar-refractivity contribution in [3.8, 4) is 0 Å². The molecule has 2 aromatic heterocycles. The van der Waals surface area contributed by atoms with Crippen LogP contribution in [0.4, 0.5) is 27.9 Å². The largest absolute Gasteiger partial charge is 0.463 e. The van der Waals surface area contributed by atoms with Crippen molar-refractivity contribution in [3.63, 3.8) is 0 Å². The average molecular weight is 341 g/mol. The average Bonchev–Trinajstić information content (AvgIpc) is 3.10. The molecule has 0 aliphatic heterocycles. The molecule has 0 saturated carbocycles. The quantitative estimate of drug-likeness (QED) is 0.526. The summed E-state index contributed by atoms with van der Waals surface area (Å²) in [6.07, 6.45) is 3.06. The molecular weight excluding hydrogens is 325 g/mol. The Morgan fingerprint density at radius 1 is 1.08 bits per heavy atom. The standard InChI is InChI=1S/C16H16FN7O/c1-24(2)16-21-14(19-12-7-5-11(17)6-8-12)20-15(22-16)23-18-10-13-4-3-9-25-13/h3-10H,1-2H3,(H2,19,20,21,22,23)/b18-10-. The molecule has 25 heavy (non-hydrogen) atoms. The molecule has 3 aromatic rings. The van der Waals surface area contributed by atoms with E-state index in [1.165, 1.54) is 18.3 Å². The Morgan fingerprint density at radius 3 is 2.52 bits per heavy atom. The van der Waals surface area contributed by atoms with Crippen LogP contribution in [0, 0.1) is 5.82 Å². The number of halogens is 1. The van der Waals surface area contributed by atoms with E-state index in [1.54, 1.807) is 35.4 Å². The van der Waals surface area contributed by atoms with Crippen LogP contribution in [-0.2, 0) is 0 Å². The fraction of sp³-hybridized carbons (Fsp3) is 0.125. The van der Waals surface area contributed by atoms with E-state index >= 15 is 0 Å². The van der Waals surface area contributed by atoms with Crippen molar-refractivity contribution in [3.05, 3.63) is 54.2 Å². The molecule has 0 bridgehead atoms. The van der Waals surface area contributed by atoms with Gasteiger partial charge in [0.25, 0.3) is 0 Å². The van der Waals surface area contributed by atoms with Crippen molar-refractivity contribution >= 4 is 29.7 Å². The first-order valence-electron chi connectivity index (χ1n) is 7.39. The summed E-state index contributed by atoms with van der Waals surface area (Å²) in [6.45, 7) is 0. The number of hydrogen-bond donors (Lipinski definition) is 2. The number of aromatic nitrogens is 3. The SMILES string of the molecule is CN(C)c1nc(N/N=C\c2ccco2)nc(Nc2ccc(F)cc2)n1. The van der Waals surface area contributed by atoms with Crippen molar-refractivity contribution < 1.29 is 8.81 Å². The van der Waals surface area contributed by atoms with Crippen LogP contribution in [-0.4, -0.2) is 35.3 Å². The van der Waals surface area contributed by atoms with E-state index in [1.807, 2.05) is 14.1 Å². The van der Waals surface area contributed by atoms with Crippen molar-refractivity contribution in [2.24, 2.45) is 5.10 Å². The molecule has 8 nitrogen and oxygen atoms in total. The Morgan fingerprint density at radius 2 is 1.84 bits per heavy atom. The lowest BCUT2D eigenvalue weighted by molar-refractivity contribution is 0.560. The molecule has 0 atom stereocenters.